The highest BCUT2D eigenvalue weighted by Crippen LogP contribution is 2.41. The zero-order valence-electron chi connectivity index (χ0n) is 17.1. The van der Waals surface area contributed by atoms with Gasteiger partial charge in [-0.05, 0) is 17.7 Å². The van der Waals surface area contributed by atoms with Gasteiger partial charge >= 0.3 is 6.18 Å². The average Bonchev–Trinajstić information content (AvgIpc) is 3.40. The Balaban J connectivity index is 1.90. The monoisotopic (exact) mass is 458 g/mol. The molecule has 0 aliphatic heterocycles. The van der Waals surface area contributed by atoms with Gasteiger partial charge < -0.3 is 8.98 Å². The van der Waals surface area contributed by atoms with Crippen LogP contribution in [-0.2, 0) is 18.6 Å². The fourth-order valence-electron chi connectivity index (χ4n) is 3.94. The van der Waals surface area contributed by atoms with E-state index in [1.54, 1.807) is 16.7 Å². The zero-order valence-corrected chi connectivity index (χ0v) is 17.1. The van der Waals surface area contributed by atoms with Crippen molar-refractivity contribution in [3.8, 4) is 11.6 Å². The van der Waals surface area contributed by atoms with Gasteiger partial charge in [-0.25, -0.2) is 13.8 Å². The quantitative estimate of drug-likeness (QED) is 0.292. The van der Waals surface area contributed by atoms with Crippen LogP contribution in [0.4, 0.5) is 22.0 Å². The summed E-state index contributed by atoms with van der Waals surface area (Å²) in [6.07, 6.45) is -3.77. The van der Waals surface area contributed by atoms with Gasteiger partial charge in [0, 0.05) is 29.8 Å². The molecule has 33 heavy (non-hydrogen) atoms. The summed E-state index contributed by atoms with van der Waals surface area (Å²) in [6.45, 7) is 0.788. The van der Waals surface area contributed by atoms with Gasteiger partial charge in [0.2, 0.25) is 6.39 Å². The molecule has 3 heterocycles. The van der Waals surface area contributed by atoms with Crippen molar-refractivity contribution < 1.29 is 26.4 Å². The Hall–Kier alpha value is -3.82. The van der Waals surface area contributed by atoms with Crippen LogP contribution in [-0.4, -0.2) is 19.7 Å². The van der Waals surface area contributed by atoms with Crippen molar-refractivity contribution in [2.24, 2.45) is 0 Å². The topological polar surface area (TPSA) is 56.7 Å². The second kappa shape index (κ2) is 7.36. The molecule has 0 unspecified atom stereocenters. The number of pyridine rings is 1. The van der Waals surface area contributed by atoms with Crippen LogP contribution in [0.3, 0.4) is 0 Å². The minimum Gasteiger partial charge on any atom is -0.422 e. The van der Waals surface area contributed by atoms with Crippen LogP contribution in [0, 0.1) is 0 Å². The fraction of sp³-hybridized carbons (Fsp3) is 0.174. The maximum Gasteiger partial charge on any atom is 0.433 e. The van der Waals surface area contributed by atoms with Crippen molar-refractivity contribution >= 4 is 21.8 Å². The van der Waals surface area contributed by atoms with Gasteiger partial charge in [0.05, 0.1) is 11.0 Å². The highest BCUT2D eigenvalue weighted by Gasteiger charge is 2.37. The molecular formula is C23H15F5N4O. The first-order valence-corrected chi connectivity index (χ1v) is 9.86. The minimum absolute atomic E-state index is 0.0625. The van der Waals surface area contributed by atoms with Crippen molar-refractivity contribution in [3.63, 3.8) is 0 Å². The van der Waals surface area contributed by atoms with Crippen molar-refractivity contribution in [1.29, 1.82) is 0 Å². The Morgan fingerprint density at radius 1 is 0.970 bits per heavy atom. The van der Waals surface area contributed by atoms with E-state index in [1.165, 1.54) is 6.07 Å². The molecule has 0 amide bonds. The summed E-state index contributed by atoms with van der Waals surface area (Å²) in [4.78, 5) is 3.80. The molecule has 168 valence electrons. The summed E-state index contributed by atoms with van der Waals surface area (Å²) < 4.78 is 76.6. The third-order valence-corrected chi connectivity index (χ3v) is 5.36. The molecule has 0 aliphatic carbocycles. The molecule has 10 heteroatoms. The van der Waals surface area contributed by atoms with E-state index in [4.69, 9.17) is 4.42 Å². The smallest absolute Gasteiger partial charge is 0.422 e. The maximum absolute atomic E-state index is 14.4. The lowest BCUT2D eigenvalue weighted by Crippen LogP contribution is -2.15. The number of nitrogens with zero attached hydrogens (tertiary/aromatic N) is 4. The summed E-state index contributed by atoms with van der Waals surface area (Å²) in [5, 5.41) is 8.04. The predicted octanol–water partition coefficient (Wildman–Crippen LogP) is 6.42. The van der Waals surface area contributed by atoms with Crippen molar-refractivity contribution in [3.05, 3.63) is 77.8 Å². The number of halogens is 5. The van der Waals surface area contributed by atoms with Gasteiger partial charge in [0.25, 0.3) is 11.8 Å². The minimum atomic E-state index is -4.90. The standard InChI is InChI=1S/C23H15F5N4O/c1-22(24,25)16-10-18(23(26,27)28)30-19-15(16)8-7-14-9-17(21-31-29-12-33-21)32(20(14)19)11-13-5-3-2-4-6-13/h2-10,12H,11H2,1H3. The van der Waals surface area contributed by atoms with Gasteiger partial charge in [0.15, 0.2) is 0 Å². The Labute approximate surface area is 183 Å². The number of hydrogen-bond acceptors (Lipinski definition) is 4. The van der Waals surface area contributed by atoms with Gasteiger partial charge in [-0.3, -0.25) is 0 Å². The molecule has 0 spiro atoms. The van der Waals surface area contributed by atoms with E-state index < -0.39 is 23.4 Å². The molecule has 5 nitrogen and oxygen atoms in total. The Kier molecular flexibility index (Phi) is 4.70. The van der Waals surface area contributed by atoms with Gasteiger partial charge in [0.1, 0.15) is 11.4 Å². The van der Waals surface area contributed by atoms with Crippen LogP contribution >= 0.6 is 0 Å². The van der Waals surface area contributed by atoms with Crippen molar-refractivity contribution in [1.82, 2.24) is 19.7 Å². The molecule has 0 atom stereocenters. The highest BCUT2D eigenvalue weighted by molar-refractivity contribution is 6.06. The lowest BCUT2D eigenvalue weighted by molar-refractivity contribution is -0.141. The third kappa shape index (κ3) is 3.71. The molecule has 0 fully saturated rings. The second-order valence-corrected chi connectivity index (χ2v) is 7.69. The predicted molar refractivity (Wildman–Crippen MR) is 111 cm³/mol. The Bertz CT molecular complexity index is 1450. The van der Waals surface area contributed by atoms with E-state index in [9.17, 15) is 22.0 Å². The maximum atomic E-state index is 14.4. The molecule has 0 saturated carbocycles. The molecule has 0 bridgehead atoms. The zero-order chi connectivity index (χ0) is 23.4. The fourth-order valence-corrected chi connectivity index (χ4v) is 3.94. The molecule has 0 aliphatic rings. The summed E-state index contributed by atoms with van der Waals surface area (Å²) in [5.41, 5.74) is -0.773. The summed E-state index contributed by atoms with van der Waals surface area (Å²) >= 11 is 0. The SMILES string of the molecule is CC(F)(F)c1cc(C(F)(F)F)nc2c1ccc1cc(-c3nnco3)n(Cc3ccccc3)c12. The molecular weight excluding hydrogens is 443 g/mol. The molecule has 3 aromatic heterocycles. The first-order chi connectivity index (χ1) is 15.6. The van der Waals surface area contributed by atoms with Gasteiger partial charge in [-0.15, -0.1) is 10.2 Å². The van der Waals surface area contributed by atoms with E-state index in [2.05, 4.69) is 15.2 Å². The van der Waals surface area contributed by atoms with Gasteiger partial charge in [-0.1, -0.05) is 42.5 Å². The number of hydrogen-bond donors (Lipinski definition) is 0. The van der Waals surface area contributed by atoms with Crippen LogP contribution < -0.4 is 0 Å². The largest absolute Gasteiger partial charge is 0.433 e. The first-order valence-electron chi connectivity index (χ1n) is 9.86. The Morgan fingerprint density at radius 3 is 2.36 bits per heavy atom. The van der Waals surface area contributed by atoms with Crippen molar-refractivity contribution in [2.75, 3.05) is 0 Å². The van der Waals surface area contributed by atoms with E-state index >= 15 is 0 Å². The van der Waals surface area contributed by atoms with Crippen LogP contribution in [0.15, 0.2) is 65.4 Å². The summed E-state index contributed by atoms with van der Waals surface area (Å²) in [5.74, 6) is -3.37. The molecule has 5 aromatic rings. The first kappa shape index (κ1) is 21.0. The molecule has 2 aromatic carbocycles. The molecule has 0 saturated heterocycles. The second-order valence-electron chi connectivity index (χ2n) is 7.69. The third-order valence-electron chi connectivity index (χ3n) is 5.36. The lowest BCUT2D eigenvalue weighted by atomic mass is 10.0. The average molecular weight is 458 g/mol. The van der Waals surface area contributed by atoms with E-state index in [-0.39, 0.29) is 28.9 Å². The molecule has 5 rings (SSSR count). The summed E-state index contributed by atoms with van der Waals surface area (Å²) in [6, 6.07) is 14.2. The number of aromatic nitrogens is 4. The van der Waals surface area contributed by atoms with Crippen LogP contribution in [0.1, 0.15) is 23.7 Å². The molecule has 0 radical (unpaired) electrons. The normalized spacial score (nSPS) is 12.7. The Morgan fingerprint density at radius 2 is 1.73 bits per heavy atom. The number of rotatable bonds is 4. The number of alkyl halides is 5. The molecule has 0 N–H and O–H groups in total. The lowest BCUT2D eigenvalue weighted by Gasteiger charge is -2.18. The van der Waals surface area contributed by atoms with Crippen molar-refractivity contribution in [2.45, 2.75) is 25.6 Å². The van der Waals surface area contributed by atoms with Crippen LogP contribution in [0.25, 0.3) is 33.4 Å². The van der Waals surface area contributed by atoms with E-state index in [1.807, 2.05) is 30.3 Å². The number of fused-ring (bicyclic) bond motifs is 3. The van der Waals surface area contributed by atoms with Crippen LogP contribution in [0.5, 0.6) is 0 Å². The van der Waals surface area contributed by atoms with E-state index in [0.717, 1.165) is 12.0 Å². The number of benzene rings is 2. The summed E-state index contributed by atoms with van der Waals surface area (Å²) in [7, 11) is 0. The highest BCUT2D eigenvalue weighted by atomic mass is 19.4. The van der Waals surface area contributed by atoms with E-state index in [0.29, 0.717) is 24.1 Å². The van der Waals surface area contributed by atoms with Crippen LogP contribution in [0.2, 0.25) is 0 Å². The van der Waals surface area contributed by atoms with Gasteiger partial charge in [-0.2, -0.15) is 13.2 Å².